The molecule has 1 aromatic carbocycles. The Kier molecular flexibility index (Phi) is 4.39. The molecule has 6 nitrogen and oxygen atoms in total. The number of para-hydroxylation sites is 1. The summed E-state index contributed by atoms with van der Waals surface area (Å²) in [6.45, 7) is 6.68. The van der Waals surface area contributed by atoms with Crippen LogP contribution in [-0.2, 0) is 5.41 Å². The Morgan fingerprint density at radius 1 is 1.16 bits per heavy atom. The average molecular weight is 417 g/mol. The first-order chi connectivity index (χ1) is 15.1. The van der Waals surface area contributed by atoms with Gasteiger partial charge >= 0.3 is 0 Å². The van der Waals surface area contributed by atoms with Crippen LogP contribution in [0.15, 0.2) is 41.1 Å². The number of fused-ring (bicyclic) bond motifs is 3. The van der Waals surface area contributed by atoms with E-state index in [2.05, 4.69) is 38.1 Å². The second-order valence-electron chi connectivity index (χ2n) is 9.56. The fourth-order valence-corrected chi connectivity index (χ4v) is 5.51. The Morgan fingerprint density at radius 3 is 2.77 bits per heavy atom. The van der Waals surface area contributed by atoms with E-state index in [1.807, 2.05) is 19.1 Å². The highest BCUT2D eigenvalue weighted by Crippen LogP contribution is 2.52. The summed E-state index contributed by atoms with van der Waals surface area (Å²) in [4.78, 5) is 22.1. The summed E-state index contributed by atoms with van der Waals surface area (Å²) in [5.41, 5.74) is 5.25. The molecule has 0 unspecified atom stereocenters. The monoisotopic (exact) mass is 416 g/mol. The predicted octanol–water partition coefficient (Wildman–Crippen LogP) is 3.90. The van der Waals surface area contributed by atoms with Gasteiger partial charge in [-0.3, -0.25) is 9.78 Å². The van der Waals surface area contributed by atoms with Crippen LogP contribution in [0, 0.1) is 6.92 Å². The highest BCUT2D eigenvalue weighted by molar-refractivity contribution is 5.97. The van der Waals surface area contributed by atoms with Gasteiger partial charge in [0.25, 0.3) is 5.91 Å². The van der Waals surface area contributed by atoms with Crippen LogP contribution in [-0.4, -0.2) is 58.6 Å². The molecule has 1 spiro atoms. The van der Waals surface area contributed by atoms with E-state index in [1.165, 1.54) is 18.4 Å². The van der Waals surface area contributed by atoms with Crippen molar-refractivity contribution in [3.05, 3.63) is 59.0 Å². The molecule has 0 N–H and O–H groups in total. The number of hydrogen-bond acceptors (Lipinski definition) is 5. The van der Waals surface area contributed by atoms with Crippen molar-refractivity contribution in [3.63, 3.8) is 0 Å². The third-order valence-electron chi connectivity index (χ3n) is 7.54. The van der Waals surface area contributed by atoms with Gasteiger partial charge < -0.3 is 14.3 Å². The van der Waals surface area contributed by atoms with Crippen molar-refractivity contribution in [2.45, 2.75) is 43.9 Å². The molecule has 6 rings (SSSR count). The Bertz CT molecular complexity index is 1140. The fraction of sp³-hybridized carbons (Fsp3) is 0.480. The SMILES string of the molecule is Cc1cc2c(cn1)C(=O)N(CCN1CCC(c3noc4ccccc34)CC1)CC21CC1. The van der Waals surface area contributed by atoms with Crippen LogP contribution in [0.4, 0.5) is 0 Å². The third-order valence-corrected chi connectivity index (χ3v) is 7.54. The minimum atomic E-state index is 0.156. The summed E-state index contributed by atoms with van der Waals surface area (Å²) in [6, 6.07) is 10.3. The lowest BCUT2D eigenvalue weighted by Gasteiger charge is -2.37. The molecule has 0 bridgehead atoms. The van der Waals surface area contributed by atoms with Gasteiger partial charge in [-0.2, -0.15) is 0 Å². The lowest BCUT2D eigenvalue weighted by molar-refractivity contribution is 0.0680. The second kappa shape index (κ2) is 7.16. The molecule has 2 aliphatic heterocycles. The Morgan fingerprint density at radius 2 is 1.97 bits per heavy atom. The van der Waals surface area contributed by atoms with Crippen molar-refractivity contribution in [2.24, 2.45) is 0 Å². The van der Waals surface area contributed by atoms with Crippen LogP contribution in [0.25, 0.3) is 11.0 Å². The molecule has 2 aromatic heterocycles. The highest BCUT2D eigenvalue weighted by atomic mass is 16.5. The smallest absolute Gasteiger partial charge is 0.255 e. The van der Waals surface area contributed by atoms with E-state index >= 15 is 0 Å². The van der Waals surface area contributed by atoms with E-state index in [9.17, 15) is 4.79 Å². The number of piperidine rings is 1. The first-order valence-electron chi connectivity index (χ1n) is 11.5. The largest absolute Gasteiger partial charge is 0.356 e. The zero-order valence-corrected chi connectivity index (χ0v) is 18.0. The maximum Gasteiger partial charge on any atom is 0.255 e. The molecule has 0 radical (unpaired) electrons. The minimum Gasteiger partial charge on any atom is -0.356 e. The number of benzene rings is 1. The molecule has 4 heterocycles. The molecule has 0 atom stereocenters. The fourth-order valence-electron chi connectivity index (χ4n) is 5.51. The summed E-state index contributed by atoms with van der Waals surface area (Å²) < 4.78 is 5.52. The molecule has 3 aliphatic rings. The average Bonchev–Trinajstić information content (AvgIpc) is 3.44. The standard InChI is InChI=1S/C25H28N4O2/c1-17-14-21-20(15-26-17)24(30)29(16-25(21)8-9-25)13-12-28-10-6-18(7-11-28)23-19-4-2-3-5-22(19)31-27-23/h2-5,14-15,18H,6-13,16H2,1H3. The van der Waals surface area contributed by atoms with Crippen molar-refractivity contribution in [2.75, 3.05) is 32.7 Å². The first kappa shape index (κ1) is 19.0. The zero-order valence-electron chi connectivity index (χ0n) is 18.0. The van der Waals surface area contributed by atoms with Crippen molar-refractivity contribution in [1.82, 2.24) is 19.9 Å². The van der Waals surface area contributed by atoms with Crippen molar-refractivity contribution < 1.29 is 9.32 Å². The zero-order chi connectivity index (χ0) is 21.0. The van der Waals surface area contributed by atoms with Gasteiger partial charge in [-0.15, -0.1) is 0 Å². The van der Waals surface area contributed by atoms with Gasteiger partial charge in [0.05, 0.1) is 11.3 Å². The number of aryl methyl sites for hydroxylation is 1. The molecule has 1 amide bonds. The summed E-state index contributed by atoms with van der Waals surface area (Å²) in [5.74, 6) is 0.608. The predicted molar refractivity (Wildman–Crippen MR) is 118 cm³/mol. The second-order valence-corrected chi connectivity index (χ2v) is 9.56. The van der Waals surface area contributed by atoms with E-state index in [0.29, 0.717) is 5.92 Å². The molecule has 160 valence electrons. The molecule has 2 fully saturated rings. The van der Waals surface area contributed by atoms with Crippen LogP contribution in [0.3, 0.4) is 0 Å². The summed E-state index contributed by atoms with van der Waals surface area (Å²) in [6.07, 6.45) is 6.34. The Balaban J connectivity index is 1.09. The number of carbonyl (C=O) groups is 1. The quantitative estimate of drug-likeness (QED) is 0.646. The number of nitrogens with zero attached hydrogens (tertiary/aromatic N) is 4. The molecule has 31 heavy (non-hydrogen) atoms. The summed E-state index contributed by atoms with van der Waals surface area (Å²) in [7, 11) is 0. The molecule has 3 aromatic rings. The van der Waals surface area contributed by atoms with Crippen LogP contribution < -0.4 is 0 Å². The molecule has 6 heteroatoms. The van der Waals surface area contributed by atoms with Gasteiger partial charge in [0.15, 0.2) is 5.58 Å². The normalized spacial score (nSPS) is 21.1. The van der Waals surface area contributed by atoms with E-state index in [-0.39, 0.29) is 11.3 Å². The lowest BCUT2D eigenvalue weighted by atomic mass is 9.87. The van der Waals surface area contributed by atoms with Crippen LogP contribution >= 0.6 is 0 Å². The topological polar surface area (TPSA) is 62.5 Å². The van der Waals surface area contributed by atoms with E-state index in [1.54, 1.807) is 6.20 Å². The first-order valence-corrected chi connectivity index (χ1v) is 11.5. The Hall–Kier alpha value is -2.73. The van der Waals surface area contributed by atoms with Crippen molar-refractivity contribution in [1.29, 1.82) is 0 Å². The van der Waals surface area contributed by atoms with Gasteiger partial charge in [-0.1, -0.05) is 17.3 Å². The minimum absolute atomic E-state index is 0.156. The van der Waals surface area contributed by atoms with E-state index in [4.69, 9.17) is 4.52 Å². The Labute approximate surface area is 182 Å². The number of hydrogen-bond donors (Lipinski definition) is 0. The van der Waals surface area contributed by atoms with Gasteiger partial charge in [0.2, 0.25) is 0 Å². The maximum atomic E-state index is 13.1. The summed E-state index contributed by atoms with van der Waals surface area (Å²) >= 11 is 0. The highest BCUT2D eigenvalue weighted by Gasteiger charge is 2.51. The van der Waals surface area contributed by atoms with Gasteiger partial charge in [0, 0.05) is 48.2 Å². The maximum absolute atomic E-state index is 13.1. The number of pyridine rings is 1. The molecule has 1 saturated carbocycles. The number of aromatic nitrogens is 2. The van der Waals surface area contributed by atoms with Crippen LogP contribution in [0.2, 0.25) is 0 Å². The number of likely N-dealkylation sites (tertiary alicyclic amines) is 1. The number of rotatable bonds is 4. The molecule has 1 saturated heterocycles. The third kappa shape index (κ3) is 3.24. The van der Waals surface area contributed by atoms with E-state index in [0.717, 1.165) is 73.5 Å². The van der Waals surface area contributed by atoms with Gasteiger partial charge in [-0.05, 0) is 69.5 Å². The molecule has 1 aliphatic carbocycles. The lowest BCUT2D eigenvalue weighted by Crippen LogP contribution is -2.47. The summed E-state index contributed by atoms with van der Waals surface area (Å²) in [5, 5.41) is 5.52. The van der Waals surface area contributed by atoms with Crippen molar-refractivity contribution >= 4 is 16.9 Å². The van der Waals surface area contributed by atoms with Gasteiger partial charge in [-0.25, -0.2) is 0 Å². The number of carbonyl (C=O) groups excluding carboxylic acids is 1. The van der Waals surface area contributed by atoms with Crippen LogP contribution in [0.5, 0.6) is 0 Å². The van der Waals surface area contributed by atoms with Crippen molar-refractivity contribution in [3.8, 4) is 0 Å². The molecular weight excluding hydrogens is 388 g/mol. The van der Waals surface area contributed by atoms with Gasteiger partial charge in [0.1, 0.15) is 0 Å². The molecular formula is C25H28N4O2. The number of amides is 1. The van der Waals surface area contributed by atoms with E-state index < -0.39 is 0 Å². The van der Waals surface area contributed by atoms with Crippen LogP contribution in [0.1, 0.15) is 58.9 Å².